The molecule has 0 spiro atoms. The molecule has 126 valence electrons. The number of imidazole rings is 1. The quantitative estimate of drug-likeness (QED) is 0.430. The van der Waals surface area contributed by atoms with Gasteiger partial charge >= 0.3 is 0 Å². The normalized spacial score (nSPS) is 37.6. The zero-order valence-corrected chi connectivity index (χ0v) is 12.3. The predicted octanol–water partition coefficient (Wildman–Crippen LogP) is -1.83. The topological polar surface area (TPSA) is 160 Å². The van der Waals surface area contributed by atoms with Crippen molar-refractivity contribution in [2.45, 2.75) is 37.1 Å². The zero-order valence-electron chi connectivity index (χ0n) is 12.3. The second-order valence-electron chi connectivity index (χ2n) is 5.82. The second kappa shape index (κ2) is 4.47. The van der Waals surface area contributed by atoms with Crippen LogP contribution in [0.5, 0.6) is 0 Å². The molecule has 1 saturated heterocycles. The molecule has 11 heteroatoms. The van der Waals surface area contributed by atoms with Crippen LogP contribution in [0.3, 0.4) is 0 Å². The van der Waals surface area contributed by atoms with Gasteiger partial charge in [-0.3, -0.25) is 14.3 Å². The number of hydrogen-bond acceptors (Lipinski definition) is 8. The molecule has 10 nitrogen and oxygen atoms in total. The number of rotatable bonds is 2. The number of alkyl halides is 1. The minimum Gasteiger partial charge on any atom is -0.390 e. The number of nitrogens with two attached hydrogens (primary N) is 1. The van der Waals surface area contributed by atoms with Gasteiger partial charge in [0, 0.05) is 0 Å². The summed E-state index contributed by atoms with van der Waals surface area (Å²) < 4.78 is 20.8. The van der Waals surface area contributed by atoms with E-state index in [1.807, 2.05) is 0 Å². The minimum absolute atomic E-state index is 0.0663. The lowest BCUT2D eigenvalue weighted by Gasteiger charge is -2.36. The van der Waals surface area contributed by atoms with Gasteiger partial charge in [-0.25, -0.2) is 9.37 Å². The Kier molecular flexibility index (Phi) is 3.07. The van der Waals surface area contributed by atoms with E-state index in [0.717, 1.165) is 17.8 Å². The number of anilines is 1. The number of fused-ring (bicyclic) bond motifs is 1. The van der Waals surface area contributed by atoms with Crippen LogP contribution in [-0.2, 0) is 10.5 Å². The largest absolute Gasteiger partial charge is 0.390 e. The van der Waals surface area contributed by atoms with Gasteiger partial charge < -0.3 is 25.8 Å². The van der Waals surface area contributed by atoms with Crippen molar-refractivity contribution in [1.82, 2.24) is 19.5 Å². The van der Waals surface area contributed by atoms with Crippen LogP contribution in [0.15, 0.2) is 11.1 Å². The van der Waals surface area contributed by atoms with Crippen LogP contribution in [0.2, 0.25) is 0 Å². The molecule has 2 aromatic rings. The maximum atomic E-state index is 14.5. The summed E-state index contributed by atoms with van der Waals surface area (Å²) in [5, 5.41) is 29.8. The van der Waals surface area contributed by atoms with Crippen LogP contribution in [-0.4, -0.2) is 59.0 Å². The molecular weight excluding hydrogens is 313 g/mol. The average Bonchev–Trinajstić information content (AvgIpc) is 2.94. The standard InChI is InChI=1S/C12H16FN5O5/c1-10(22)8(21)12(13,3-19)23-11(10,2)18-4-15-5-6(18)16-9(14)17-7(5)20/h4,8,19,21-22H,3H2,1-2H3,(H3,14,16,17,20)/t8-,10+,11?,12+/m0/s1. The van der Waals surface area contributed by atoms with Gasteiger partial charge in [-0.05, 0) is 13.8 Å². The highest BCUT2D eigenvalue weighted by atomic mass is 19.2. The number of aliphatic hydroxyl groups is 3. The van der Waals surface area contributed by atoms with Crippen molar-refractivity contribution in [2.24, 2.45) is 0 Å². The third kappa shape index (κ3) is 1.84. The van der Waals surface area contributed by atoms with E-state index < -0.39 is 35.5 Å². The molecule has 1 fully saturated rings. The van der Waals surface area contributed by atoms with Crippen molar-refractivity contribution in [3.63, 3.8) is 0 Å². The molecule has 0 radical (unpaired) electrons. The first kappa shape index (κ1) is 15.8. The van der Waals surface area contributed by atoms with E-state index in [1.165, 1.54) is 6.92 Å². The van der Waals surface area contributed by atoms with Crippen LogP contribution < -0.4 is 11.3 Å². The summed E-state index contributed by atoms with van der Waals surface area (Å²) >= 11 is 0. The summed E-state index contributed by atoms with van der Waals surface area (Å²) in [5.41, 5.74) is 0.622. The fraction of sp³-hybridized carbons (Fsp3) is 0.583. The number of halogens is 1. The molecule has 2 aromatic heterocycles. The Morgan fingerprint density at radius 2 is 2.22 bits per heavy atom. The molecule has 1 aliphatic rings. The lowest BCUT2D eigenvalue weighted by molar-refractivity contribution is -0.242. The number of nitrogens with one attached hydrogen (secondary N) is 1. The van der Waals surface area contributed by atoms with E-state index in [2.05, 4.69) is 15.0 Å². The van der Waals surface area contributed by atoms with Gasteiger partial charge in [0.05, 0.1) is 6.33 Å². The van der Waals surface area contributed by atoms with E-state index >= 15 is 0 Å². The molecule has 4 atom stereocenters. The number of H-pyrrole nitrogens is 1. The summed E-state index contributed by atoms with van der Waals surface area (Å²) in [6.07, 6.45) is -0.946. The molecule has 3 rings (SSSR count). The minimum atomic E-state index is -2.90. The van der Waals surface area contributed by atoms with Crippen LogP contribution in [0.25, 0.3) is 11.2 Å². The average molecular weight is 329 g/mol. The molecule has 6 N–H and O–H groups in total. The van der Waals surface area contributed by atoms with Crippen LogP contribution >= 0.6 is 0 Å². The zero-order chi connectivity index (χ0) is 17.2. The molecule has 0 bridgehead atoms. The monoisotopic (exact) mass is 329 g/mol. The Morgan fingerprint density at radius 3 is 2.78 bits per heavy atom. The summed E-state index contributed by atoms with van der Waals surface area (Å²) in [4.78, 5) is 21.9. The van der Waals surface area contributed by atoms with Crippen molar-refractivity contribution in [3.8, 4) is 0 Å². The van der Waals surface area contributed by atoms with Crippen molar-refractivity contribution in [2.75, 3.05) is 12.3 Å². The maximum Gasteiger partial charge on any atom is 0.280 e. The summed E-state index contributed by atoms with van der Waals surface area (Å²) in [6, 6.07) is 0. The van der Waals surface area contributed by atoms with E-state index in [4.69, 9.17) is 10.5 Å². The van der Waals surface area contributed by atoms with E-state index in [-0.39, 0.29) is 17.1 Å². The van der Waals surface area contributed by atoms with Gasteiger partial charge in [0.25, 0.3) is 11.4 Å². The lowest BCUT2D eigenvalue weighted by atomic mass is 9.88. The molecular formula is C12H16FN5O5. The predicted molar refractivity (Wildman–Crippen MR) is 74.8 cm³/mol. The van der Waals surface area contributed by atoms with Gasteiger partial charge in [-0.1, -0.05) is 0 Å². The third-order valence-electron chi connectivity index (χ3n) is 4.35. The lowest BCUT2D eigenvalue weighted by Crippen LogP contribution is -2.54. The number of aliphatic hydroxyl groups excluding tert-OH is 2. The Bertz CT molecular complexity index is 835. The number of nitrogens with zero attached hydrogens (tertiary/aromatic N) is 3. The Labute approximate surface area is 128 Å². The first-order valence-electron chi connectivity index (χ1n) is 6.70. The van der Waals surface area contributed by atoms with Crippen LogP contribution in [0, 0.1) is 0 Å². The van der Waals surface area contributed by atoms with Gasteiger partial charge in [0.2, 0.25) is 5.95 Å². The van der Waals surface area contributed by atoms with Crippen molar-refractivity contribution >= 4 is 17.1 Å². The molecule has 1 unspecified atom stereocenters. The Hall–Kier alpha value is -2.08. The van der Waals surface area contributed by atoms with Crippen molar-refractivity contribution < 1.29 is 24.4 Å². The summed E-state index contributed by atoms with van der Waals surface area (Å²) in [5.74, 6) is -3.11. The van der Waals surface area contributed by atoms with E-state index in [0.29, 0.717) is 0 Å². The number of aromatic amines is 1. The first-order valence-corrected chi connectivity index (χ1v) is 6.70. The number of aromatic nitrogens is 4. The van der Waals surface area contributed by atoms with Crippen molar-refractivity contribution in [3.05, 3.63) is 16.7 Å². The number of nitrogen functional groups attached to an aromatic ring is 1. The van der Waals surface area contributed by atoms with Gasteiger partial charge in [0.15, 0.2) is 16.9 Å². The fourth-order valence-corrected chi connectivity index (χ4v) is 2.81. The molecule has 0 amide bonds. The highest BCUT2D eigenvalue weighted by molar-refractivity contribution is 5.71. The van der Waals surface area contributed by atoms with Gasteiger partial charge in [-0.15, -0.1) is 0 Å². The van der Waals surface area contributed by atoms with Gasteiger partial charge in [-0.2, -0.15) is 4.98 Å². The summed E-state index contributed by atoms with van der Waals surface area (Å²) in [7, 11) is 0. The van der Waals surface area contributed by atoms with Gasteiger partial charge in [0.1, 0.15) is 18.3 Å². The fourth-order valence-electron chi connectivity index (χ4n) is 2.81. The first-order chi connectivity index (χ1) is 10.6. The number of ether oxygens (including phenoxy) is 1. The molecule has 0 aromatic carbocycles. The van der Waals surface area contributed by atoms with Crippen molar-refractivity contribution in [1.29, 1.82) is 0 Å². The molecule has 23 heavy (non-hydrogen) atoms. The SMILES string of the molecule is CC1(n2cnc3c(=O)[nH]c(N)nc32)O[C@](F)(CO)[C@@H](O)[C@@]1(C)O. The Balaban J connectivity index is 2.27. The van der Waals surface area contributed by atoms with E-state index in [1.54, 1.807) is 0 Å². The highest BCUT2D eigenvalue weighted by Gasteiger charge is 2.69. The molecule has 0 aliphatic carbocycles. The molecule has 3 heterocycles. The highest BCUT2D eigenvalue weighted by Crippen LogP contribution is 2.49. The second-order valence-corrected chi connectivity index (χ2v) is 5.82. The Morgan fingerprint density at radius 1 is 1.57 bits per heavy atom. The molecule has 1 aliphatic heterocycles. The number of hydrogen-bond donors (Lipinski definition) is 5. The van der Waals surface area contributed by atoms with Crippen LogP contribution in [0.4, 0.5) is 10.3 Å². The van der Waals surface area contributed by atoms with Crippen LogP contribution in [0.1, 0.15) is 13.8 Å². The third-order valence-corrected chi connectivity index (χ3v) is 4.35. The maximum absolute atomic E-state index is 14.5. The summed E-state index contributed by atoms with van der Waals surface area (Å²) in [6.45, 7) is 1.23. The van der Waals surface area contributed by atoms with E-state index in [9.17, 15) is 24.5 Å². The smallest absolute Gasteiger partial charge is 0.280 e. The molecule has 0 saturated carbocycles.